The topological polar surface area (TPSA) is 79.3 Å². The maximum Gasteiger partial charge on any atom is 0.326 e. The second-order valence-electron chi connectivity index (χ2n) is 3.90. The zero-order chi connectivity index (χ0) is 13.0. The van der Waals surface area contributed by atoms with Crippen LogP contribution in [-0.4, -0.2) is 28.0 Å². The predicted octanol–water partition coefficient (Wildman–Crippen LogP) is 1.57. The molecule has 1 aromatic heterocycles. The van der Waals surface area contributed by atoms with E-state index in [2.05, 4.69) is 10.3 Å². The highest BCUT2D eigenvalue weighted by Crippen LogP contribution is 2.07. The number of hydrogen-bond acceptors (Lipinski definition) is 3. The Morgan fingerprint density at radius 2 is 2.06 bits per heavy atom. The summed E-state index contributed by atoms with van der Waals surface area (Å²) in [5.41, 5.74) is 0.279. The van der Waals surface area contributed by atoms with Gasteiger partial charge in [-0.05, 0) is 18.1 Å². The van der Waals surface area contributed by atoms with Gasteiger partial charge in [0.25, 0.3) is 5.91 Å². The third-order valence-corrected chi connectivity index (χ3v) is 2.43. The highest BCUT2D eigenvalue weighted by atomic mass is 35.5. The Morgan fingerprint density at radius 3 is 2.47 bits per heavy atom. The van der Waals surface area contributed by atoms with Crippen molar-refractivity contribution in [2.75, 3.05) is 0 Å². The van der Waals surface area contributed by atoms with E-state index in [0.717, 1.165) is 0 Å². The molecule has 0 spiro atoms. The maximum atomic E-state index is 11.7. The van der Waals surface area contributed by atoms with E-state index >= 15 is 0 Å². The molecule has 92 valence electrons. The molecule has 0 aliphatic heterocycles. The van der Waals surface area contributed by atoms with Crippen LogP contribution in [0.25, 0.3) is 0 Å². The number of aliphatic carboxylic acids is 1. The van der Waals surface area contributed by atoms with Crippen molar-refractivity contribution < 1.29 is 14.7 Å². The van der Waals surface area contributed by atoms with Crippen molar-refractivity contribution >= 4 is 23.5 Å². The molecule has 0 aromatic carbocycles. The number of carboxylic acid groups (broad SMARTS) is 1. The van der Waals surface area contributed by atoms with Crippen LogP contribution >= 0.6 is 11.6 Å². The number of hydrogen-bond donors (Lipinski definition) is 2. The minimum Gasteiger partial charge on any atom is -0.480 e. The molecule has 1 amide bonds. The number of aromatic nitrogens is 1. The van der Waals surface area contributed by atoms with Crippen LogP contribution in [0.5, 0.6) is 0 Å². The van der Waals surface area contributed by atoms with E-state index in [1.807, 2.05) is 0 Å². The number of carbonyl (C=O) groups excluding carboxylic acids is 1. The number of nitrogens with one attached hydrogen (secondary N) is 1. The molecule has 0 radical (unpaired) electrons. The standard InChI is InChI=1S/C11H13ClN2O3/c1-6(2)9(11(16)17)14-10(15)7-3-4-8(12)13-5-7/h3-6,9H,1-2H3,(H,14,15)(H,16,17)/t9-/m0/s1. The molecule has 1 aromatic rings. The molecule has 0 aliphatic rings. The van der Waals surface area contributed by atoms with Gasteiger partial charge in [-0.1, -0.05) is 25.4 Å². The zero-order valence-corrected chi connectivity index (χ0v) is 10.2. The predicted molar refractivity (Wildman–Crippen MR) is 63.0 cm³/mol. The Labute approximate surface area is 104 Å². The molecule has 1 atom stereocenters. The second-order valence-corrected chi connectivity index (χ2v) is 4.29. The Balaban J connectivity index is 2.77. The number of amides is 1. The Morgan fingerprint density at radius 1 is 1.41 bits per heavy atom. The normalized spacial score (nSPS) is 12.2. The van der Waals surface area contributed by atoms with E-state index in [4.69, 9.17) is 16.7 Å². The van der Waals surface area contributed by atoms with Crippen LogP contribution < -0.4 is 5.32 Å². The van der Waals surface area contributed by atoms with Crippen molar-refractivity contribution in [2.24, 2.45) is 5.92 Å². The van der Waals surface area contributed by atoms with Gasteiger partial charge in [-0.25, -0.2) is 9.78 Å². The summed E-state index contributed by atoms with van der Waals surface area (Å²) in [5.74, 6) is -1.73. The number of halogens is 1. The third-order valence-electron chi connectivity index (χ3n) is 2.21. The number of rotatable bonds is 4. The highest BCUT2D eigenvalue weighted by Gasteiger charge is 2.23. The minimum absolute atomic E-state index is 0.197. The molecule has 0 bridgehead atoms. The summed E-state index contributed by atoms with van der Waals surface area (Å²) in [6.45, 7) is 3.44. The fraction of sp³-hybridized carbons (Fsp3) is 0.364. The van der Waals surface area contributed by atoms with Gasteiger partial charge in [-0.15, -0.1) is 0 Å². The minimum atomic E-state index is -1.06. The zero-order valence-electron chi connectivity index (χ0n) is 9.48. The quantitative estimate of drug-likeness (QED) is 0.802. The lowest BCUT2D eigenvalue weighted by Crippen LogP contribution is -2.44. The lowest BCUT2D eigenvalue weighted by atomic mass is 10.0. The number of nitrogens with zero attached hydrogens (tertiary/aromatic N) is 1. The van der Waals surface area contributed by atoms with Gasteiger partial charge in [0.15, 0.2) is 0 Å². The van der Waals surface area contributed by atoms with Gasteiger partial charge in [-0.2, -0.15) is 0 Å². The summed E-state index contributed by atoms with van der Waals surface area (Å²) < 4.78 is 0. The van der Waals surface area contributed by atoms with Gasteiger partial charge in [0, 0.05) is 6.20 Å². The largest absolute Gasteiger partial charge is 0.480 e. The van der Waals surface area contributed by atoms with Gasteiger partial charge in [0.2, 0.25) is 0 Å². The van der Waals surface area contributed by atoms with E-state index in [9.17, 15) is 9.59 Å². The Hall–Kier alpha value is -1.62. The monoisotopic (exact) mass is 256 g/mol. The second kappa shape index (κ2) is 5.63. The van der Waals surface area contributed by atoms with Gasteiger partial charge in [-0.3, -0.25) is 4.79 Å². The first-order chi connectivity index (χ1) is 7.91. The fourth-order valence-electron chi connectivity index (χ4n) is 1.25. The average Bonchev–Trinajstić information content (AvgIpc) is 2.25. The molecule has 1 heterocycles. The molecule has 2 N–H and O–H groups in total. The molecule has 17 heavy (non-hydrogen) atoms. The number of carboxylic acids is 1. The van der Waals surface area contributed by atoms with Crippen LogP contribution in [0.2, 0.25) is 5.15 Å². The van der Waals surface area contributed by atoms with Crippen LogP contribution in [-0.2, 0) is 4.79 Å². The molecule has 1 rings (SSSR count). The molecule has 5 nitrogen and oxygen atoms in total. The first-order valence-corrected chi connectivity index (χ1v) is 5.45. The van der Waals surface area contributed by atoms with Crippen LogP contribution in [0, 0.1) is 5.92 Å². The van der Waals surface area contributed by atoms with Crippen LogP contribution in [0.15, 0.2) is 18.3 Å². The van der Waals surface area contributed by atoms with E-state index in [-0.39, 0.29) is 16.6 Å². The summed E-state index contributed by atoms with van der Waals surface area (Å²) in [6.07, 6.45) is 1.30. The van der Waals surface area contributed by atoms with Gasteiger partial charge >= 0.3 is 5.97 Å². The van der Waals surface area contributed by atoms with Crippen molar-refractivity contribution in [3.8, 4) is 0 Å². The summed E-state index contributed by atoms with van der Waals surface area (Å²) in [7, 11) is 0. The van der Waals surface area contributed by atoms with E-state index in [0.29, 0.717) is 0 Å². The van der Waals surface area contributed by atoms with Crippen molar-refractivity contribution in [1.29, 1.82) is 0 Å². The molecule has 0 saturated heterocycles. The van der Waals surface area contributed by atoms with Crippen molar-refractivity contribution in [3.05, 3.63) is 29.0 Å². The molecular weight excluding hydrogens is 244 g/mol. The molecule has 6 heteroatoms. The van der Waals surface area contributed by atoms with Crippen LogP contribution in [0.1, 0.15) is 24.2 Å². The number of carbonyl (C=O) groups is 2. The highest BCUT2D eigenvalue weighted by molar-refractivity contribution is 6.29. The van der Waals surface area contributed by atoms with Crippen molar-refractivity contribution in [3.63, 3.8) is 0 Å². The van der Waals surface area contributed by atoms with Crippen molar-refractivity contribution in [2.45, 2.75) is 19.9 Å². The van der Waals surface area contributed by atoms with Gasteiger partial charge in [0.05, 0.1) is 5.56 Å². The van der Waals surface area contributed by atoms with E-state index in [1.165, 1.54) is 18.3 Å². The SMILES string of the molecule is CC(C)[C@H](NC(=O)c1ccc(Cl)nc1)C(=O)O. The van der Waals surface area contributed by atoms with Crippen molar-refractivity contribution in [1.82, 2.24) is 10.3 Å². The fourth-order valence-corrected chi connectivity index (χ4v) is 1.36. The molecule has 0 fully saturated rings. The lowest BCUT2D eigenvalue weighted by Gasteiger charge is -2.17. The first kappa shape index (κ1) is 13.4. The summed E-state index contributed by atoms with van der Waals surface area (Å²) >= 11 is 5.59. The average molecular weight is 257 g/mol. The van der Waals surface area contributed by atoms with Gasteiger partial charge < -0.3 is 10.4 Å². The molecule has 0 aliphatic carbocycles. The summed E-state index contributed by atoms with van der Waals surface area (Å²) in [6, 6.07) is 2.05. The van der Waals surface area contributed by atoms with Crippen LogP contribution in [0.3, 0.4) is 0 Å². The maximum absolute atomic E-state index is 11.7. The molecule has 0 saturated carbocycles. The first-order valence-electron chi connectivity index (χ1n) is 5.07. The molecular formula is C11H13ClN2O3. The smallest absolute Gasteiger partial charge is 0.326 e. The summed E-state index contributed by atoms with van der Waals surface area (Å²) in [4.78, 5) is 26.4. The summed E-state index contributed by atoms with van der Waals surface area (Å²) in [5, 5.41) is 11.6. The van der Waals surface area contributed by atoms with Crippen LogP contribution in [0.4, 0.5) is 0 Å². The number of pyridine rings is 1. The third kappa shape index (κ3) is 3.71. The van der Waals surface area contributed by atoms with E-state index in [1.54, 1.807) is 13.8 Å². The Kier molecular flexibility index (Phi) is 4.45. The van der Waals surface area contributed by atoms with E-state index < -0.39 is 17.9 Å². The van der Waals surface area contributed by atoms with Gasteiger partial charge in [0.1, 0.15) is 11.2 Å². The Bertz CT molecular complexity index is 417. The lowest BCUT2D eigenvalue weighted by molar-refractivity contribution is -0.140. The molecule has 0 unspecified atom stereocenters.